The van der Waals surface area contributed by atoms with Crippen molar-refractivity contribution in [1.82, 2.24) is 4.98 Å². The van der Waals surface area contributed by atoms with Crippen molar-refractivity contribution in [3.05, 3.63) is 42.2 Å². The normalized spacial score (nSPS) is 10.3. The van der Waals surface area contributed by atoms with Gasteiger partial charge in [0, 0.05) is 11.6 Å². The van der Waals surface area contributed by atoms with E-state index in [-0.39, 0.29) is 6.42 Å². The Labute approximate surface area is 81.0 Å². The fraction of sp³-hybridized carbons (Fsp3) is 0.0909. The van der Waals surface area contributed by atoms with Crippen molar-refractivity contribution in [3.63, 3.8) is 0 Å². The van der Waals surface area contributed by atoms with Crippen LogP contribution in [0.5, 0.6) is 0 Å². The summed E-state index contributed by atoms with van der Waals surface area (Å²) in [7, 11) is 0. The van der Waals surface area contributed by atoms with Crippen molar-refractivity contribution < 1.29 is 9.90 Å². The lowest BCUT2D eigenvalue weighted by Gasteiger charge is -2.01. The third-order valence-electron chi connectivity index (χ3n) is 2.07. The molecule has 0 fully saturated rings. The Morgan fingerprint density at radius 3 is 2.86 bits per heavy atom. The van der Waals surface area contributed by atoms with Crippen LogP contribution >= 0.6 is 0 Å². The minimum absolute atomic E-state index is 0.0264. The third-order valence-corrected chi connectivity index (χ3v) is 2.07. The molecule has 1 aromatic carbocycles. The largest absolute Gasteiger partial charge is 0.481 e. The monoisotopic (exact) mass is 187 g/mol. The Morgan fingerprint density at radius 2 is 2.07 bits per heavy atom. The molecule has 0 bridgehead atoms. The molecule has 1 heterocycles. The molecule has 0 saturated carbocycles. The highest BCUT2D eigenvalue weighted by Crippen LogP contribution is 2.16. The van der Waals surface area contributed by atoms with Gasteiger partial charge in [-0.3, -0.25) is 9.78 Å². The number of rotatable bonds is 2. The first-order chi connectivity index (χ1) is 6.77. The fourth-order valence-corrected chi connectivity index (χ4v) is 1.47. The lowest BCUT2D eigenvalue weighted by molar-refractivity contribution is -0.136. The standard InChI is InChI=1S/C11H9NO2/c13-11(14)7-10-9-4-2-1-3-8(9)5-6-12-10/h1-6H,7H2,(H,13,14). The second-order valence-electron chi connectivity index (χ2n) is 3.05. The SMILES string of the molecule is O=C(O)Cc1nccc2ccccc12. The van der Waals surface area contributed by atoms with E-state index in [1.165, 1.54) is 0 Å². The second-order valence-corrected chi connectivity index (χ2v) is 3.05. The number of nitrogens with zero attached hydrogens (tertiary/aromatic N) is 1. The molecule has 3 nitrogen and oxygen atoms in total. The van der Waals surface area contributed by atoms with E-state index >= 15 is 0 Å². The van der Waals surface area contributed by atoms with Gasteiger partial charge in [0.1, 0.15) is 0 Å². The molecule has 0 aliphatic carbocycles. The van der Waals surface area contributed by atoms with E-state index in [0.29, 0.717) is 5.69 Å². The summed E-state index contributed by atoms with van der Waals surface area (Å²) in [6.45, 7) is 0. The van der Waals surface area contributed by atoms with Gasteiger partial charge in [0.2, 0.25) is 0 Å². The first-order valence-corrected chi connectivity index (χ1v) is 4.32. The smallest absolute Gasteiger partial charge is 0.309 e. The molecule has 2 rings (SSSR count). The Bertz CT molecular complexity index is 474. The van der Waals surface area contributed by atoms with Crippen LogP contribution < -0.4 is 0 Å². The number of carbonyl (C=O) groups is 1. The summed E-state index contributed by atoms with van der Waals surface area (Å²) in [4.78, 5) is 14.6. The number of hydrogen-bond donors (Lipinski definition) is 1. The van der Waals surface area contributed by atoms with Crippen LogP contribution in [0.15, 0.2) is 36.5 Å². The number of fused-ring (bicyclic) bond motifs is 1. The number of aliphatic carboxylic acids is 1. The molecular weight excluding hydrogens is 178 g/mol. The molecule has 1 N–H and O–H groups in total. The van der Waals surface area contributed by atoms with E-state index in [1.807, 2.05) is 30.3 Å². The molecule has 3 heteroatoms. The Balaban J connectivity index is 2.59. The summed E-state index contributed by atoms with van der Waals surface area (Å²) >= 11 is 0. The molecule has 1 aromatic heterocycles. The van der Waals surface area contributed by atoms with Crippen molar-refractivity contribution in [2.75, 3.05) is 0 Å². The van der Waals surface area contributed by atoms with Gasteiger partial charge in [-0.25, -0.2) is 0 Å². The zero-order valence-corrected chi connectivity index (χ0v) is 7.47. The molecule has 70 valence electrons. The predicted molar refractivity (Wildman–Crippen MR) is 53.1 cm³/mol. The summed E-state index contributed by atoms with van der Waals surface area (Å²) in [6.07, 6.45) is 1.61. The van der Waals surface area contributed by atoms with Crippen molar-refractivity contribution in [2.24, 2.45) is 0 Å². The van der Waals surface area contributed by atoms with Gasteiger partial charge in [-0.2, -0.15) is 0 Å². The molecule has 0 saturated heterocycles. The van der Waals surface area contributed by atoms with Crippen LogP contribution in [0.25, 0.3) is 10.8 Å². The molecule has 0 aliphatic heterocycles. The summed E-state index contributed by atoms with van der Waals surface area (Å²) in [6, 6.07) is 9.52. The second kappa shape index (κ2) is 3.46. The fourth-order valence-electron chi connectivity index (χ4n) is 1.47. The number of carboxylic acid groups (broad SMARTS) is 1. The molecular formula is C11H9NO2. The van der Waals surface area contributed by atoms with Gasteiger partial charge >= 0.3 is 5.97 Å². The number of pyridine rings is 1. The van der Waals surface area contributed by atoms with Gasteiger partial charge in [-0.15, -0.1) is 0 Å². The first-order valence-electron chi connectivity index (χ1n) is 4.32. The topological polar surface area (TPSA) is 50.2 Å². The molecule has 0 amide bonds. The van der Waals surface area contributed by atoms with E-state index in [2.05, 4.69) is 4.98 Å². The van der Waals surface area contributed by atoms with Crippen LogP contribution in [-0.2, 0) is 11.2 Å². The minimum Gasteiger partial charge on any atom is -0.481 e. The van der Waals surface area contributed by atoms with E-state index in [1.54, 1.807) is 6.20 Å². The predicted octanol–water partition coefficient (Wildman–Crippen LogP) is 1.86. The van der Waals surface area contributed by atoms with Gasteiger partial charge in [0.15, 0.2) is 0 Å². The van der Waals surface area contributed by atoms with Crippen LogP contribution in [-0.4, -0.2) is 16.1 Å². The van der Waals surface area contributed by atoms with Gasteiger partial charge in [-0.1, -0.05) is 24.3 Å². The van der Waals surface area contributed by atoms with Gasteiger partial charge in [0.05, 0.1) is 12.1 Å². The minimum atomic E-state index is -0.853. The van der Waals surface area contributed by atoms with Crippen molar-refractivity contribution in [3.8, 4) is 0 Å². The highest BCUT2D eigenvalue weighted by atomic mass is 16.4. The van der Waals surface area contributed by atoms with Crippen LogP contribution in [0.1, 0.15) is 5.69 Å². The molecule has 0 aliphatic rings. The van der Waals surface area contributed by atoms with Gasteiger partial charge in [-0.05, 0) is 11.5 Å². The van der Waals surface area contributed by atoms with Crippen LogP contribution in [0.3, 0.4) is 0 Å². The number of benzene rings is 1. The van der Waals surface area contributed by atoms with Crippen LogP contribution in [0.4, 0.5) is 0 Å². The van der Waals surface area contributed by atoms with E-state index in [0.717, 1.165) is 10.8 Å². The van der Waals surface area contributed by atoms with Crippen molar-refractivity contribution in [2.45, 2.75) is 6.42 Å². The Hall–Kier alpha value is -1.90. The third kappa shape index (κ3) is 1.57. The van der Waals surface area contributed by atoms with E-state index in [9.17, 15) is 4.79 Å². The highest BCUT2D eigenvalue weighted by Gasteiger charge is 2.05. The number of aromatic nitrogens is 1. The highest BCUT2D eigenvalue weighted by molar-refractivity contribution is 5.87. The summed E-state index contributed by atoms with van der Waals surface area (Å²) in [5.74, 6) is -0.853. The zero-order chi connectivity index (χ0) is 9.97. The van der Waals surface area contributed by atoms with E-state index < -0.39 is 5.97 Å². The maximum atomic E-state index is 10.6. The maximum absolute atomic E-state index is 10.6. The van der Waals surface area contributed by atoms with Gasteiger partial charge < -0.3 is 5.11 Å². The van der Waals surface area contributed by atoms with Crippen LogP contribution in [0, 0.1) is 0 Å². The lowest BCUT2D eigenvalue weighted by atomic mass is 10.1. The average molecular weight is 187 g/mol. The number of carboxylic acids is 1. The zero-order valence-electron chi connectivity index (χ0n) is 7.47. The Morgan fingerprint density at radius 1 is 1.29 bits per heavy atom. The molecule has 14 heavy (non-hydrogen) atoms. The van der Waals surface area contributed by atoms with Crippen molar-refractivity contribution in [1.29, 1.82) is 0 Å². The quantitative estimate of drug-likeness (QED) is 0.780. The Kier molecular flexibility index (Phi) is 2.14. The number of hydrogen-bond acceptors (Lipinski definition) is 2. The molecule has 0 atom stereocenters. The summed E-state index contributed by atoms with van der Waals surface area (Å²) in [5.41, 5.74) is 0.621. The molecule has 0 unspecified atom stereocenters. The average Bonchev–Trinajstić information content (AvgIpc) is 2.18. The lowest BCUT2D eigenvalue weighted by Crippen LogP contribution is -2.02. The molecule has 0 radical (unpaired) electrons. The summed E-state index contributed by atoms with van der Waals surface area (Å²) < 4.78 is 0. The molecule has 0 spiro atoms. The first kappa shape index (κ1) is 8.69. The van der Waals surface area contributed by atoms with Gasteiger partial charge in [0.25, 0.3) is 0 Å². The maximum Gasteiger partial charge on any atom is 0.309 e. The van der Waals surface area contributed by atoms with E-state index in [4.69, 9.17) is 5.11 Å². The van der Waals surface area contributed by atoms with Crippen LogP contribution in [0.2, 0.25) is 0 Å². The molecule has 2 aromatic rings. The van der Waals surface area contributed by atoms with Crippen molar-refractivity contribution >= 4 is 16.7 Å². The summed E-state index contributed by atoms with van der Waals surface area (Å²) in [5, 5.41) is 10.6.